The summed E-state index contributed by atoms with van der Waals surface area (Å²) in [5, 5.41) is 4.05. The Labute approximate surface area is 111 Å². The summed E-state index contributed by atoms with van der Waals surface area (Å²) >= 11 is 0. The Kier molecular flexibility index (Phi) is 3.25. The largest absolute Gasteiger partial charge is 0.370 e. The van der Waals surface area contributed by atoms with E-state index in [1.54, 1.807) is 19.5 Å². The summed E-state index contributed by atoms with van der Waals surface area (Å²) in [7, 11) is 1.70. The minimum atomic E-state index is -0.308. The molecule has 0 atom stereocenters. The van der Waals surface area contributed by atoms with Crippen molar-refractivity contribution in [2.75, 3.05) is 7.11 Å². The Morgan fingerprint density at radius 3 is 2.68 bits per heavy atom. The fraction of sp³-hybridized carbons (Fsp3) is 0.538. The third-order valence-electron chi connectivity index (χ3n) is 3.67. The van der Waals surface area contributed by atoms with Gasteiger partial charge < -0.3 is 9.26 Å². The lowest BCUT2D eigenvalue weighted by Gasteiger charge is -2.37. The fourth-order valence-corrected chi connectivity index (χ4v) is 2.27. The number of ether oxygens (including phenoxy) is 1. The highest BCUT2D eigenvalue weighted by molar-refractivity contribution is 5.08. The molecule has 0 N–H and O–H groups in total. The first-order chi connectivity index (χ1) is 9.32. The molecule has 6 nitrogen and oxygen atoms in total. The molecule has 0 saturated heterocycles. The SMILES string of the molecule is COC1(c2noc(CCc3cncnc3)n2)CCC1. The number of aryl methyl sites for hydroxylation is 2. The van der Waals surface area contributed by atoms with Gasteiger partial charge in [-0.05, 0) is 31.2 Å². The molecule has 0 bridgehead atoms. The second-order valence-electron chi connectivity index (χ2n) is 4.81. The molecule has 0 spiro atoms. The van der Waals surface area contributed by atoms with Crippen LogP contribution in [-0.2, 0) is 23.2 Å². The quantitative estimate of drug-likeness (QED) is 0.814. The van der Waals surface area contributed by atoms with Crippen molar-refractivity contribution in [2.45, 2.75) is 37.7 Å². The van der Waals surface area contributed by atoms with Crippen LogP contribution in [0.1, 0.15) is 36.5 Å². The number of aromatic nitrogens is 4. The number of methoxy groups -OCH3 is 1. The van der Waals surface area contributed by atoms with E-state index < -0.39 is 0 Å². The number of rotatable bonds is 5. The van der Waals surface area contributed by atoms with Crippen LogP contribution in [0.5, 0.6) is 0 Å². The minimum absolute atomic E-state index is 0.308. The van der Waals surface area contributed by atoms with Crippen LogP contribution < -0.4 is 0 Å². The van der Waals surface area contributed by atoms with Crippen LogP contribution in [0.15, 0.2) is 23.2 Å². The Balaban J connectivity index is 1.65. The standard InChI is InChI=1S/C13H16N4O2/c1-18-13(5-2-6-13)12-16-11(19-17-12)4-3-10-7-14-9-15-8-10/h7-9H,2-6H2,1H3. The van der Waals surface area contributed by atoms with Crippen LogP contribution >= 0.6 is 0 Å². The molecule has 0 aromatic carbocycles. The molecule has 1 fully saturated rings. The second-order valence-corrected chi connectivity index (χ2v) is 4.81. The molecule has 0 aliphatic heterocycles. The summed E-state index contributed by atoms with van der Waals surface area (Å²) in [4.78, 5) is 12.4. The van der Waals surface area contributed by atoms with Gasteiger partial charge in [0.25, 0.3) is 0 Å². The van der Waals surface area contributed by atoms with Gasteiger partial charge in [0.2, 0.25) is 11.7 Å². The maximum absolute atomic E-state index is 5.53. The van der Waals surface area contributed by atoms with E-state index in [2.05, 4.69) is 20.1 Å². The Bertz CT molecular complexity index is 531. The van der Waals surface area contributed by atoms with Crippen molar-refractivity contribution in [3.05, 3.63) is 36.0 Å². The van der Waals surface area contributed by atoms with E-state index in [9.17, 15) is 0 Å². The smallest absolute Gasteiger partial charge is 0.227 e. The first-order valence-corrected chi connectivity index (χ1v) is 6.44. The highest BCUT2D eigenvalue weighted by Crippen LogP contribution is 2.42. The van der Waals surface area contributed by atoms with Crippen LogP contribution in [-0.4, -0.2) is 27.2 Å². The fourth-order valence-electron chi connectivity index (χ4n) is 2.27. The van der Waals surface area contributed by atoms with Gasteiger partial charge in [-0.15, -0.1) is 0 Å². The van der Waals surface area contributed by atoms with Crippen molar-refractivity contribution in [3.63, 3.8) is 0 Å². The summed E-state index contributed by atoms with van der Waals surface area (Å²) in [6.45, 7) is 0. The number of nitrogens with zero attached hydrogens (tertiary/aromatic N) is 4. The first-order valence-electron chi connectivity index (χ1n) is 6.44. The molecule has 1 saturated carbocycles. The normalized spacial score (nSPS) is 17.1. The molecule has 2 aromatic rings. The summed E-state index contributed by atoms with van der Waals surface area (Å²) in [6, 6.07) is 0. The first kappa shape index (κ1) is 12.2. The van der Waals surface area contributed by atoms with Gasteiger partial charge >= 0.3 is 0 Å². The summed E-state index contributed by atoms with van der Waals surface area (Å²) in [5.41, 5.74) is 0.754. The minimum Gasteiger partial charge on any atom is -0.370 e. The van der Waals surface area contributed by atoms with Gasteiger partial charge in [0, 0.05) is 25.9 Å². The molecule has 1 aliphatic rings. The highest BCUT2D eigenvalue weighted by Gasteiger charge is 2.43. The van der Waals surface area contributed by atoms with Crippen molar-refractivity contribution >= 4 is 0 Å². The lowest BCUT2D eigenvalue weighted by atomic mass is 9.79. The molecule has 100 valence electrons. The highest BCUT2D eigenvalue weighted by atomic mass is 16.5. The van der Waals surface area contributed by atoms with Gasteiger partial charge in [-0.2, -0.15) is 4.98 Å². The summed E-state index contributed by atoms with van der Waals surface area (Å²) < 4.78 is 10.8. The van der Waals surface area contributed by atoms with Crippen LogP contribution in [0.3, 0.4) is 0 Å². The zero-order valence-electron chi connectivity index (χ0n) is 10.9. The van der Waals surface area contributed by atoms with Gasteiger partial charge in [-0.25, -0.2) is 9.97 Å². The van der Waals surface area contributed by atoms with E-state index in [1.807, 2.05) is 0 Å². The Hall–Kier alpha value is -1.82. The van der Waals surface area contributed by atoms with Crippen LogP contribution in [0.4, 0.5) is 0 Å². The van der Waals surface area contributed by atoms with E-state index >= 15 is 0 Å². The monoisotopic (exact) mass is 260 g/mol. The van der Waals surface area contributed by atoms with Crippen molar-refractivity contribution < 1.29 is 9.26 Å². The maximum Gasteiger partial charge on any atom is 0.227 e. The topological polar surface area (TPSA) is 73.9 Å². The average molecular weight is 260 g/mol. The molecule has 3 rings (SSSR count). The molecule has 0 amide bonds. The van der Waals surface area contributed by atoms with Gasteiger partial charge in [-0.3, -0.25) is 0 Å². The summed E-state index contributed by atoms with van der Waals surface area (Å²) in [6.07, 6.45) is 9.69. The average Bonchev–Trinajstić information content (AvgIpc) is 2.86. The van der Waals surface area contributed by atoms with Gasteiger partial charge in [0.05, 0.1) is 0 Å². The van der Waals surface area contributed by atoms with Gasteiger partial charge in [0.15, 0.2) is 0 Å². The molecule has 1 aliphatic carbocycles. The Morgan fingerprint density at radius 2 is 2.05 bits per heavy atom. The summed E-state index contributed by atoms with van der Waals surface area (Å²) in [5.74, 6) is 1.32. The predicted octanol–water partition coefficient (Wildman–Crippen LogP) is 1.67. The van der Waals surface area contributed by atoms with Crippen molar-refractivity contribution in [1.29, 1.82) is 0 Å². The third-order valence-corrected chi connectivity index (χ3v) is 3.67. The molecule has 2 aromatic heterocycles. The molecule has 6 heteroatoms. The maximum atomic E-state index is 5.53. The van der Waals surface area contributed by atoms with E-state index in [4.69, 9.17) is 9.26 Å². The van der Waals surface area contributed by atoms with Crippen LogP contribution in [0.2, 0.25) is 0 Å². The van der Waals surface area contributed by atoms with E-state index in [-0.39, 0.29) is 5.60 Å². The molecule has 2 heterocycles. The van der Waals surface area contributed by atoms with E-state index in [0.717, 1.165) is 31.2 Å². The Morgan fingerprint density at radius 1 is 1.26 bits per heavy atom. The lowest BCUT2D eigenvalue weighted by Crippen LogP contribution is -2.37. The second kappa shape index (κ2) is 5.05. The predicted molar refractivity (Wildman–Crippen MR) is 66.3 cm³/mol. The van der Waals surface area contributed by atoms with Crippen LogP contribution in [0, 0.1) is 0 Å². The van der Waals surface area contributed by atoms with Crippen molar-refractivity contribution in [3.8, 4) is 0 Å². The van der Waals surface area contributed by atoms with Crippen molar-refractivity contribution in [1.82, 2.24) is 20.1 Å². The number of hydrogen-bond donors (Lipinski definition) is 0. The molecule has 0 radical (unpaired) electrons. The van der Waals surface area contributed by atoms with Gasteiger partial charge in [-0.1, -0.05) is 5.16 Å². The third kappa shape index (κ3) is 2.35. The van der Waals surface area contributed by atoms with E-state index in [0.29, 0.717) is 18.1 Å². The number of hydrogen-bond acceptors (Lipinski definition) is 6. The molecule has 0 unspecified atom stereocenters. The zero-order chi connectivity index (χ0) is 13.1. The molecular weight excluding hydrogens is 244 g/mol. The zero-order valence-corrected chi connectivity index (χ0v) is 10.9. The lowest BCUT2D eigenvalue weighted by molar-refractivity contribution is -0.0858. The molecular formula is C13H16N4O2. The van der Waals surface area contributed by atoms with Crippen molar-refractivity contribution in [2.24, 2.45) is 0 Å². The van der Waals surface area contributed by atoms with Gasteiger partial charge in [0.1, 0.15) is 11.9 Å². The molecule has 19 heavy (non-hydrogen) atoms. The van der Waals surface area contributed by atoms with E-state index in [1.165, 1.54) is 6.33 Å². The van der Waals surface area contributed by atoms with Crippen LogP contribution in [0.25, 0.3) is 0 Å².